The molecule has 122 valence electrons. The summed E-state index contributed by atoms with van der Waals surface area (Å²) in [6.45, 7) is 1.42. The molecule has 1 aliphatic heterocycles. The van der Waals surface area contributed by atoms with E-state index in [9.17, 15) is 14.4 Å². The van der Waals surface area contributed by atoms with Gasteiger partial charge in [0.1, 0.15) is 0 Å². The predicted molar refractivity (Wildman–Crippen MR) is 95.8 cm³/mol. The normalized spacial score (nSPS) is 13.2. The number of rotatable bonds is 2. The van der Waals surface area contributed by atoms with Crippen LogP contribution in [0.4, 0.5) is 11.4 Å². The SMILES string of the molecule is CC(=O)Nc1cc(N2C(=O)c3ccccc3C2=O)cc2ccccc12. The second-order valence-electron chi connectivity index (χ2n) is 5.89. The van der Waals surface area contributed by atoms with E-state index in [2.05, 4.69) is 5.32 Å². The van der Waals surface area contributed by atoms with E-state index in [0.717, 1.165) is 15.7 Å². The molecule has 5 heteroatoms. The Morgan fingerprint density at radius 2 is 1.48 bits per heavy atom. The second kappa shape index (κ2) is 5.56. The zero-order chi connectivity index (χ0) is 17.6. The first-order valence-corrected chi connectivity index (χ1v) is 7.84. The third-order valence-electron chi connectivity index (χ3n) is 4.21. The standard InChI is InChI=1S/C20H14N2O3/c1-12(23)21-18-11-14(10-13-6-2-3-7-15(13)18)22-19(24)16-8-4-5-9-17(16)20(22)25/h2-11H,1H3,(H,21,23). The minimum Gasteiger partial charge on any atom is -0.326 e. The Bertz CT molecular complexity index is 1020. The molecule has 0 aromatic heterocycles. The minimum absolute atomic E-state index is 0.218. The smallest absolute Gasteiger partial charge is 0.266 e. The maximum Gasteiger partial charge on any atom is 0.266 e. The van der Waals surface area contributed by atoms with Crippen LogP contribution in [0.25, 0.3) is 10.8 Å². The van der Waals surface area contributed by atoms with E-state index >= 15 is 0 Å². The zero-order valence-electron chi connectivity index (χ0n) is 13.4. The van der Waals surface area contributed by atoms with E-state index in [0.29, 0.717) is 22.5 Å². The molecule has 3 amide bonds. The first-order chi connectivity index (χ1) is 12.1. The lowest BCUT2D eigenvalue weighted by molar-refractivity contribution is -0.114. The van der Waals surface area contributed by atoms with Crippen LogP contribution in [0.15, 0.2) is 60.7 Å². The van der Waals surface area contributed by atoms with Crippen molar-refractivity contribution in [1.29, 1.82) is 0 Å². The third kappa shape index (κ3) is 2.37. The second-order valence-corrected chi connectivity index (χ2v) is 5.89. The lowest BCUT2D eigenvalue weighted by Gasteiger charge is -2.17. The minimum atomic E-state index is -0.357. The number of carbonyl (C=O) groups excluding carboxylic acids is 3. The van der Waals surface area contributed by atoms with Gasteiger partial charge in [-0.25, -0.2) is 4.90 Å². The highest BCUT2D eigenvalue weighted by Crippen LogP contribution is 2.34. The van der Waals surface area contributed by atoms with Gasteiger partial charge in [-0.1, -0.05) is 36.4 Å². The van der Waals surface area contributed by atoms with Crippen LogP contribution in [0.3, 0.4) is 0 Å². The summed E-state index contributed by atoms with van der Waals surface area (Å²) < 4.78 is 0. The lowest BCUT2D eigenvalue weighted by atomic mass is 10.1. The van der Waals surface area contributed by atoms with E-state index in [-0.39, 0.29) is 17.7 Å². The molecule has 1 aliphatic rings. The van der Waals surface area contributed by atoms with Gasteiger partial charge in [0.2, 0.25) is 5.91 Å². The van der Waals surface area contributed by atoms with Gasteiger partial charge < -0.3 is 5.32 Å². The van der Waals surface area contributed by atoms with Crippen LogP contribution < -0.4 is 10.2 Å². The zero-order valence-corrected chi connectivity index (χ0v) is 13.4. The molecule has 0 saturated carbocycles. The van der Waals surface area contributed by atoms with Crippen molar-refractivity contribution in [3.63, 3.8) is 0 Å². The summed E-state index contributed by atoms with van der Waals surface area (Å²) >= 11 is 0. The largest absolute Gasteiger partial charge is 0.326 e. The summed E-state index contributed by atoms with van der Waals surface area (Å²) in [5.41, 5.74) is 1.79. The number of nitrogens with one attached hydrogen (secondary N) is 1. The highest BCUT2D eigenvalue weighted by molar-refractivity contribution is 6.34. The maximum atomic E-state index is 12.7. The van der Waals surface area contributed by atoms with Crippen molar-refractivity contribution >= 4 is 39.9 Å². The number of anilines is 2. The molecule has 0 unspecified atom stereocenters. The van der Waals surface area contributed by atoms with E-state index in [1.807, 2.05) is 24.3 Å². The molecule has 0 spiro atoms. The van der Waals surface area contributed by atoms with Gasteiger partial charge in [-0.2, -0.15) is 0 Å². The van der Waals surface area contributed by atoms with Gasteiger partial charge in [0.25, 0.3) is 11.8 Å². The molecule has 0 fully saturated rings. The van der Waals surface area contributed by atoms with Crippen molar-refractivity contribution in [2.75, 3.05) is 10.2 Å². The van der Waals surface area contributed by atoms with Crippen LogP contribution in [0.5, 0.6) is 0 Å². The lowest BCUT2D eigenvalue weighted by Crippen LogP contribution is -2.29. The van der Waals surface area contributed by atoms with Crippen molar-refractivity contribution in [2.45, 2.75) is 6.92 Å². The Labute approximate surface area is 143 Å². The van der Waals surface area contributed by atoms with E-state index < -0.39 is 0 Å². The number of benzene rings is 3. The van der Waals surface area contributed by atoms with Crippen LogP contribution in [0.2, 0.25) is 0 Å². The average Bonchev–Trinajstić information content (AvgIpc) is 2.86. The Morgan fingerprint density at radius 1 is 0.880 bits per heavy atom. The number of carbonyl (C=O) groups is 3. The van der Waals surface area contributed by atoms with Crippen molar-refractivity contribution in [3.05, 3.63) is 71.8 Å². The van der Waals surface area contributed by atoms with Crippen molar-refractivity contribution in [3.8, 4) is 0 Å². The first kappa shape index (κ1) is 15.1. The van der Waals surface area contributed by atoms with Crippen LogP contribution in [0.1, 0.15) is 27.6 Å². The highest BCUT2D eigenvalue weighted by atomic mass is 16.2. The van der Waals surface area contributed by atoms with Crippen molar-refractivity contribution in [1.82, 2.24) is 0 Å². The fraction of sp³-hybridized carbons (Fsp3) is 0.0500. The number of imide groups is 1. The molecule has 4 rings (SSSR count). The molecule has 3 aromatic rings. The van der Waals surface area contributed by atoms with Gasteiger partial charge in [0.05, 0.1) is 22.5 Å². The molecule has 0 atom stereocenters. The number of fused-ring (bicyclic) bond motifs is 2. The number of hydrogen-bond donors (Lipinski definition) is 1. The van der Waals surface area contributed by atoms with Gasteiger partial charge >= 0.3 is 0 Å². The molecule has 0 saturated heterocycles. The molecular weight excluding hydrogens is 316 g/mol. The van der Waals surface area contributed by atoms with Crippen molar-refractivity contribution < 1.29 is 14.4 Å². The Kier molecular flexibility index (Phi) is 3.35. The van der Waals surface area contributed by atoms with Crippen LogP contribution >= 0.6 is 0 Å². The topological polar surface area (TPSA) is 66.5 Å². The Morgan fingerprint density at radius 3 is 2.12 bits per heavy atom. The van der Waals surface area contributed by atoms with E-state index in [1.165, 1.54) is 6.92 Å². The number of hydrogen-bond acceptors (Lipinski definition) is 3. The number of amides is 3. The van der Waals surface area contributed by atoms with E-state index in [4.69, 9.17) is 0 Å². The van der Waals surface area contributed by atoms with E-state index in [1.54, 1.807) is 36.4 Å². The third-order valence-corrected chi connectivity index (χ3v) is 4.21. The van der Waals surface area contributed by atoms with Crippen LogP contribution in [-0.2, 0) is 4.79 Å². The summed E-state index contributed by atoms with van der Waals surface area (Å²) in [4.78, 5) is 38.1. The molecule has 0 aliphatic carbocycles. The fourth-order valence-corrected chi connectivity index (χ4v) is 3.14. The molecule has 25 heavy (non-hydrogen) atoms. The fourth-order valence-electron chi connectivity index (χ4n) is 3.14. The summed E-state index contributed by atoms with van der Waals surface area (Å²) in [5, 5.41) is 4.45. The maximum absolute atomic E-state index is 12.7. The van der Waals surface area contributed by atoms with Gasteiger partial charge in [-0.15, -0.1) is 0 Å². The summed E-state index contributed by atoms with van der Waals surface area (Å²) in [7, 11) is 0. The summed E-state index contributed by atoms with van der Waals surface area (Å²) in [5.74, 6) is -0.932. The van der Waals surface area contributed by atoms with Gasteiger partial charge in [0.15, 0.2) is 0 Å². The average molecular weight is 330 g/mol. The number of nitrogens with zero attached hydrogens (tertiary/aromatic N) is 1. The first-order valence-electron chi connectivity index (χ1n) is 7.84. The Balaban J connectivity index is 1.89. The summed E-state index contributed by atoms with van der Waals surface area (Å²) in [6, 6.07) is 17.7. The quantitative estimate of drug-likeness (QED) is 0.730. The molecule has 1 N–H and O–H groups in total. The van der Waals surface area contributed by atoms with Crippen LogP contribution in [-0.4, -0.2) is 17.7 Å². The van der Waals surface area contributed by atoms with Crippen LogP contribution in [0, 0.1) is 0 Å². The molecule has 5 nitrogen and oxygen atoms in total. The highest BCUT2D eigenvalue weighted by Gasteiger charge is 2.36. The predicted octanol–water partition coefficient (Wildman–Crippen LogP) is 3.60. The summed E-state index contributed by atoms with van der Waals surface area (Å²) in [6.07, 6.45) is 0. The Hall–Kier alpha value is -3.47. The molecule has 0 bridgehead atoms. The molecule has 1 heterocycles. The molecule has 3 aromatic carbocycles. The van der Waals surface area contributed by atoms with Gasteiger partial charge in [-0.05, 0) is 29.7 Å². The van der Waals surface area contributed by atoms with Gasteiger partial charge in [-0.3, -0.25) is 14.4 Å². The van der Waals surface area contributed by atoms with Crippen molar-refractivity contribution in [2.24, 2.45) is 0 Å². The molecule has 0 radical (unpaired) electrons. The van der Waals surface area contributed by atoms with Gasteiger partial charge in [0, 0.05) is 12.3 Å². The monoisotopic (exact) mass is 330 g/mol. The molecular formula is C20H14N2O3.